The lowest BCUT2D eigenvalue weighted by atomic mass is 10.8. The molecule has 0 amide bonds. The average Bonchev–Trinajstić information content (AvgIpc) is 1.59. The van der Waals surface area contributed by atoms with E-state index in [0.29, 0.717) is 0 Å². The smallest absolute Gasteiger partial charge is 0.328 e. The van der Waals surface area contributed by atoms with Crippen LogP contribution in [0.2, 0.25) is 0 Å². The molecule has 5 nitrogen and oxygen atoms in total. The maximum Gasteiger partial charge on any atom is 0.469 e. The molecular weight excluding hydrogens is 168 g/mol. The average molecular weight is 178 g/mol. The summed E-state index contributed by atoms with van der Waals surface area (Å²) >= 11 is 0. The summed E-state index contributed by atoms with van der Waals surface area (Å²) in [5, 5.41) is 0. The van der Waals surface area contributed by atoms with Gasteiger partial charge in [0, 0.05) is 6.54 Å². The molecule has 0 aromatic carbocycles. The zero-order valence-corrected chi connectivity index (χ0v) is 6.27. The highest BCUT2D eigenvalue weighted by Crippen LogP contribution is 2.34. The quantitative estimate of drug-likeness (QED) is 0.505. The van der Waals surface area contributed by atoms with Crippen LogP contribution in [-0.4, -0.2) is 22.9 Å². The third-order valence-corrected chi connectivity index (χ3v) is 0.896. The molecule has 0 radical (unpaired) electrons. The van der Waals surface area contributed by atoms with Gasteiger partial charge in [-0.15, -0.1) is 12.4 Å². The van der Waals surface area contributed by atoms with Gasteiger partial charge >= 0.3 is 7.82 Å². The van der Waals surface area contributed by atoms with Gasteiger partial charge in [-0.1, -0.05) is 0 Å². The fraction of sp³-hybridized carbons (Fsp3) is 1.00. The predicted molar refractivity (Wildman–Crippen MR) is 34.3 cm³/mol. The molecule has 0 aromatic heterocycles. The van der Waals surface area contributed by atoms with Crippen LogP contribution in [0, 0.1) is 0 Å². The van der Waals surface area contributed by atoms with Crippen molar-refractivity contribution in [1.29, 1.82) is 0 Å². The van der Waals surface area contributed by atoms with E-state index in [0.717, 1.165) is 0 Å². The summed E-state index contributed by atoms with van der Waals surface area (Å²) in [6.07, 6.45) is 0. The Hall–Kier alpha value is 0.360. The Bertz CT molecular complexity index is 103. The molecule has 0 fully saturated rings. The Labute approximate surface area is 58.8 Å². The molecule has 0 aliphatic heterocycles. The summed E-state index contributed by atoms with van der Waals surface area (Å²) < 4.78 is 13.7. The monoisotopic (exact) mass is 177 g/mol. The summed E-state index contributed by atoms with van der Waals surface area (Å²) in [6, 6.07) is 0. The third kappa shape index (κ3) is 11.8. The molecule has 7 heteroatoms. The van der Waals surface area contributed by atoms with Gasteiger partial charge in [-0.3, -0.25) is 4.52 Å². The van der Waals surface area contributed by atoms with Crippen LogP contribution < -0.4 is 5.73 Å². The Morgan fingerprint density at radius 2 is 2.00 bits per heavy atom. The Balaban J connectivity index is 0. The highest BCUT2D eigenvalue weighted by molar-refractivity contribution is 7.46. The summed E-state index contributed by atoms with van der Waals surface area (Å²) in [7, 11) is -4.26. The first-order chi connectivity index (χ1) is 3.56. The number of phosphoric acid groups is 1. The van der Waals surface area contributed by atoms with Crippen LogP contribution in [0.1, 0.15) is 0 Å². The molecule has 4 N–H and O–H groups in total. The second kappa shape index (κ2) is 5.17. The first kappa shape index (κ1) is 12.1. The van der Waals surface area contributed by atoms with Gasteiger partial charge < -0.3 is 15.5 Å². The van der Waals surface area contributed by atoms with Gasteiger partial charge in [0.2, 0.25) is 0 Å². The van der Waals surface area contributed by atoms with Gasteiger partial charge in [0.05, 0.1) is 6.61 Å². The minimum absolute atomic E-state index is 0. The zero-order valence-electron chi connectivity index (χ0n) is 4.56. The van der Waals surface area contributed by atoms with Crippen LogP contribution in [0.5, 0.6) is 0 Å². The first-order valence-corrected chi connectivity index (χ1v) is 3.49. The van der Waals surface area contributed by atoms with Crippen LogP contribution in [-0.2, 0) is 9.09 Å². The lowest BCUT2D eigenvalue weighted by molar-refractivity contribution is 0.202. The van der Waals surface area contributed by atoms with Crippen molar-refractivity contribution in [2.24, 2.45) is 5.73 Å². The van der Waals surface area contributed by atoms with Crippen molar-refractivity contribution in [2.45, 2.75) is 0 Å². The molecular formula is C2H9ClNO4P. The van der Waals surface area contributed by atoms with E-state index < -0.39 is 7.82 Å². The minimum atomic E-state index is -4.26. The number of hydrogen-bond donors (Lipinski definition) is 3. The Kier molecular flexibility index (Phi) is 6.94. The molecule has 0 heterocycles. The molecule has 0 saturated heterocycles. The first-order valence-electron chi connectivity index (χ1n) is 1.96. The highest BCUT2D eigenvalue weighted by atomic mass is 35.5. The standard InChI is InChI=1S/C2H8NO4P.ClH/c3-1-2-7-8(4,5)6;/h1-3H2,(H2,4,5,6);1H. The lowest BCUT2D eigenvalue weighted by Crippen LogP contribution is -2.06. The fourth-order valence-corrected chi connectivity index (χ4v) is 0.515. The number of nitrogens with two attached hydrogens (primary N) is 1. The molecule has 0 bridgehead atoms. The maximum absolute atomic E-state index is 9.81. The fourth-order valence-electron chi connectivity index (χ4n) is 0.172. The molecule has 0 aliphatic rings. The maximum atomic E-state index is 9.81. The van der Waals surface area contributed by atoms with Gasteiger partial charge in [-0.05, 0) is 0 Å². The molecule has 0 aliphatic carbocycles. The molecule has 0 unspecified atom stereocenters. The summed E-state index contributed by atoms with van der Waals surface area (Å²) in [5.74, 6) is 0. The van der Waals surface area contributed by atoms with Gasteiger partial charge in [0.25, 0.3) is 0 Å². The summed E-state index contributed by atoms with van der Waals surface area (Å²) in [5.41, 5.74) is 4.87. The molecule has 9 heavy (non-hydrogen) atoms. The number of halogens is 1. The van der Waals surface area contributed by atoms with Crippen molar-refractivity contribution < 1.29 is 18.9 Å². The van der Waals surface area contributed by atoms with E-state index in [1.165, 1.54) is 0 Å². The largest absolute Gasteiger partial charge is 0.469 e. The molecule has 0 rings (SSSR count). The predicted octanol–water partition coefficient (Wildman–Crippen LogP) is -0.524. The van der Waals surface area contributed by atoms with Gasteiger partial charge in [0.1, 0.15) is 0 Å². The van der Waals surface area contributed by atoms with Crippen molar-refractivity contribution in [3.05, 3.63) is 0 Å². The van der Waals surface area contributed by atoms with Crippen LogP contribution in [0.4, 0.5) is 0 Å². The van der Waals surface area contributed by atoms with Crippen LogP contribution in [0.15, 0.2) is 0 Å². The molecule has 0 spiro atoms. The number of rotatable bonds is 3. The van der Waals surface area contributed by atoms with Crippen molar-refractivity contribution >= 4 is 20.2 Å². The van der Waals surface area contributed by atoms with Crippen molar-refractivity contribution in [2.75, 3.05) is 13.2 Å². The van der Waals surface area contributed by atoms with E-state index in [1.807, 2.05) is 0 Å². The van der Waals surface area contributed by atoms with Gasteiger partial charge in [0.15, 0.2) is 0 Å². The van der Waals surface area contributed by atoms with E-state index in [-0.39, 0.29) is 25.6 Å². The SMILES string of the molecule is Cl.NCCOP(=O)(O)O. The van der Waals surface area contributed by atoms with E-state index in [2.05, 4.69) is 4.52 Å². The van der Waals surface area contributed by atoms with Crippen molar-refractivity contribution in [3.8, 4) is 0 Å². The molecule has 0 saturated carbocycles. The van der Waals surface area contributed by atoms with E-state index >= 15 is 0 Å². The van der Waals surface area contributed by atoms with E-state index in [4.69, 9.17) is 15.5 Å². The van der Waals surface area contributed by atoms with E-state index in [9.17, 15) is 4.57 Å². The highest BCUT2D eigenvalue weighted by Gasteiger charge is 2.11. The topological polar surface area (TPSA) is 92.8 Å². The van der Waals surface area contributed by atoms with Crippen molar-refractivity contribution in [1.82, 2.24) is 0 Å². The molecule has 0 aromatic rings. The zero-order chi connectivity index (χ0) is 6.62. The third-order valence-electron chi connectivity index (χ3n) is 0.377. The minimum Gasteiger partial charge on any atom is -0.328 e. The lowest BCUT2D eigenvalue weighted by Gasteiger charge is -2.00. The van der Waals surface area contributed by atoms with E-state index in [1.54, 1.807) is 0 Å². The second-order valence-corrected chi connectivity index (χ2v) is 2.35. The van der Waals surface area contributed by atoms with Crippen LogP contribution >= 0.6 is 20.2 Å². The Morgan fingerprint density at radius 1 is 1.56 bits per heavy atom. The second-order valence-electron chi connectivity index (χ2n) is 1.11. The van der Waals surface area contributed by atoms with Crippen LogP contribution in [0.25, 0.3) is 0 Å². The van der Waals surface area contributed by atoms with Gasteiger partial charge in [-0.25, -0.2) is 4.57 Å². The molecule has 58 valence electrons. The molecule has 0 atom stereocenters. The summed E-state index contributed by atoms with van der Waals surface area (Å²) in [6.45, 7) is 0.00931. The summed E-state index contributed by atoms with van der Waals surface area (Å²) in [4.78, 5) is 16.0. The number of hydrogen-bond acceptors (Lipinski definition) is 3. The van der Waals surface area contributed by atoms with Crippen molar-refractivity contribution in [3.63, 3.8) is 0 Å². The van der Waals surface area contributed by atoms with Crippen LogP contribution in [0.3, 0.4) is 0 Å². The number of phosphoric ester groups is 1. The van der Waals surface area contributed by atoms with Gasteiger partial charge in [-0.2, -0.15) is 0 Å². The normalized spacial score (nSPS) is 10.6. The Morgan fingerprint density at radius 3 is 2.11 bits per heavy atom.